The lowest BCUT2D eigenvalue weighted by Crippen LogP contribution is -2.49. The van der Waals surface area contributed by atoms with E-state index in [1.54, 1.807) is 0 Å². The SMILES string of the molecule is CCCN(CCC)C(=O)C(C)(C)CCC(=O)NC(Cc1cc(F)cc(F)c1)C(O)CNCc1cccc(CC)c1. The predicted octanol–water partition coefficient (Wildman–Crippen LogP) is 5.16. The lowest BCUT2D eigenvalue weighted by atomic mass is 9.85. The summed E-state index contributed by atoms with van der Waals surface area (Å²) < 4.78 is 27.7. The van der Waals surface area contributed by atoms with E-state index < -0.39 is 29.2 Å². The number of aryl methyl sites for hydroxylation is 1. The van der Waals surface area contributed by atoms with Crippen LogP contribution in [0.2, 0.25) is 0 Å². The van der Waals surface area contributed by atoms with E-state index in [9.17, 15) is 23.5 Å². The van der Waals surface area contributed by atoms with Crippen LogP contribution in [-0.4, -0.2) is 53.6 Å². The zero-order valence-electron chi connectivity index (χ0n) is 24.7. The number of carbonyl (C=O) groups excluding carboxylic acids is 2. The summed E-state index contributed by atoms with van der Waals surface area (Å²) in [7, 11) is 0. The zero-order valence-corrected chi connectivity index (χ0v) is 24.7. The van der Waals surface area contributed by atoms with Gasteiger partial charge in [0.1, 0.15) is 11.6 Å². The van der Waals surface area contributed by atoms with E-state index in [4.69, 9.17) is 0 Å². The van der Waals surface area contributed by atoms with Crippen LogP contribution in [0.1, 0.15) is 77.0 Å². The van der Waals surface area contributed by atoms with E-state index >= 15 is 0 Å². The fraction of sp³-hybridized carbons (Fsp3) is 0.562. The number of halogens is 2. The van der Waals surface area contributed by atoms with Crippen molar-refractivity contribution < 1.29 is 23.5 Å². The van der Waals surface area contributed by atoms with E-state index in [1.165, 1.54) is 17.7 Å². The normalized spacial score (nSPS) is 13.1. The second-order valence-corrected chi connectivity index (χ2v) is 11.2. The summed E-state index contributed by atoms with van der Waals surface area (Å²) in [5.41, 5.74) is 1.90. The molecule has 2 unspecified atom stereocenters. The monoisotopic (exact) mass is 559 g/mol. The van der Waals surface area contributed by atoms with Crippen molar-refractivity contribution in [2.75, 3.05) is 19.6 Å². The molecule has 0 saturated carbocycles. The number of carbonyl (C=O) groups is 2. The third-order valence-corrected chi connectivity index (χ3v) is 7.10. The van der Waals surface area contributed by atoms with Gasteiger partial charge >= 0.3 is 0 Å². The Kier molecular flexibility index (Phi) is 13.7. The number of benzene rings is 2. The number of nitrogens with one attached hydrogen (secondary N) is 2. The molecule has 2 rings (SSSR count). The van der Waals surface area contributed by atoms with Gasteiger partial charge in [0.15, 0.2) is 0 Å². The Bertz CT molecular complexity index is 1070. The van der Waals surface area contributed by atoms with Gasteiger partial charge < -0.3 is 20.6 Å². The van der Waals surface area contributed by atoms with E-state index in [2.05, 4.69) is 29.7 Å². The largest absolute Gasteiger partial charge is 0.390 e. The Morgan fingerprint density at radius 2 is 1.57 bits per heavy atom. The van der Waals surface area contributed by atoms with Gasteiger partial charge in [-0.1, -0.05) is 58.9 Å². The number of hydrogen-bond acceptors (Lipinski definition) is 4. The molecule has 0 fully saturated rings. The van der Waals surface area contributed by atoms with Crippen LogP contribution in [0.15, 0.2) is 42.5 Å². The van der Waals surface area contributed by atoms with E-state index in [-0.39, 0.29) is 31.2 Å². The molecule has 40 heavy (non-hydrogen) atoms. The van der Waals surface area contributed by atoms with Gasteiger partial charge in [-0.2, -0.15) is 0 Å². The molecule has 0 spiro atoms. The molecule has 0 saturated heterocycles. The van der Waals surface area contributed by atoms with Crippen LogP contribution in [-0.2, 0) is 29.0 Å². The van der Waals surface area contributed by atoms with Crippen molar-refractivity contribution in [3.63, 3.8) is 0 Å². The van der Waals surface area contributed by atoms with Crippen molar-refractivity contribution in [3.05, 3.63) is 70.8 Å². The molecule has 222 valence electrons. The molecule has 0 aliphatic carbocycles. The van der Waals surface area contributed by atoms with Crippen LogP contribution in [0.5, 0.6) is 0 Å². The highest BCUT2D eigenvalue weighted by atomic mass is 19.1. The van der Waals surface area contributed by atoms with Crippen molar-refractivity contribution in [3.8, 4) is 0 Å². The van der Waals surface area contributed by atoms with Crippen LogP contribution in [0.3, 0.4) is 0 Å². The average Bonchev–Trinajstić information content (AvgIpc) is 2.90. The summed E-state index contributed by atoms with van der Waals surface area (Å²) >= 11 is 0. The summed E-state index contributed by atoms with van der Waals surface area (Å²) in [6.45, 7) is 11.9. The van der Waals surface area contributed by atoms with E-state index in [1.807, 2.05) is 44.7 Å². The second kappa shape index (κ2) is 16.4. The van der Waals surface area contributed by atoms with Gasteiger partial charge in [0.2, 0.25) is 11.8 Å². The lowest BCUT2D eigenvalue weighted by molar-refractivity contribution is -0.141. The molecule has 0 bridgehead atoms. The minimum atomic E-state index is -1.01. The molecule has 3 N–H and O–H groups in total. The Hall–Kier alpha value is -2.84. The highest BCUT2D eigenvalue weighted by Crippen LogP contribution is 2.26. The maximum atomic E-state index is 13.9. The molecule has 0 aliphatic rings. The van der Waals surface area contributed by atoms with Crippen molar-refractivity contribution in [1.29, 1.82) is 0 Å². The molecule has 8 heteroatoms. The van der Waals surface area contributed by atoms with Gasteiger partial charge in [-0.25, -0.2) is 8.78 Å². The molecule has 6 nitrogen and oxygen atoms in total. The molecule has 2 aromatic carbocycles. The standard InChI is InChI=1S/C32H47F2N3O3/c1-6-14-37(15-7-2)31(40)32(4,5)13-12-30(39)36-28(19-25-17-26(33)20-27(34)18-25)29(38)22-35-21-24-11-9-10-23(8-3)16-24/h9-11,16-18,20,28-29,35,38H,6-8,12-15,19,21-22H2,1-5H3,(H,36,39). The van der Waals surface area contributed by atoms with E-state index in [0.717, 1.165) is 30.9 Å². The van der Waals surface area contributed by atoms with Gasteiger partial charge in [-0.15, -0.1) is 0 Å². The number of rotatable bonds is 17. The van der Waals surface area contributed by atoms with Crippen LogP contribution in [0.4, 0.5) is 8.78 Å². The number of hydrogen-bond donors (Lipinski definition) is 3. The summed E-state index contributed by atoms with van der Waals surface area (Å²) in [5, 5.41) is 17.1. The highest BCUT2D eigenvalue weighted by Gasteiger charge is 2.32. The molecule has 2 amide bonds. The molecular formula is C32H47F2N3O3. The van der Waals surface area contributed by atoms with Crippen LogP contribution < -0.4 is 10.6 Å². The number of aliphatic hydroxyl groups excluding tert-OH is 1. The molecule has 0 heterocycles. The summed E-state index contributed by atoms with van der Waals surface area (Å²) in [6.07, 6.45) is 2.11. The first-order valence-corrected chi connectivity index (χ1v) is 14.5. The Morgan fingerprint density at radius 1 is 0.950 bits per heavy atom. The van der Waals surface area contributed by atoms with Crippen LogP contribution >= 0.6 is 0 Å². The maximum absolute atomic E-state index is 13.9. The Balaban J connectivity index is 2.07. The number of amides is 2. The third kappa shape index (κ3) is 11.0. The van der Waals surface area contributed by atoms with Gasteiger partial charge in [0, 0.05) is 44.1 Å². The smallest absolute Gasteiger partial charge is 0.228 e. The van der Waals surface area contributed by atoms with Gasteiger partial charge in [-0.3, -0.25) is 9.59 Å². The Labute approximate surface area is 238 Å². The summed E-state index contributed by atoms with van der Waals surface area (Å²) in [6, 6.07) is 10.6. The lowest BCUT2D eigenvalue weighted by Gasteiger charge is -2.32. The van der Waals surface area contributed by atoms with Crippen molar-refractivity contribution >= 4 is 11.8 Å². The highest BCUT2D eigenvalue weighted by molar-refractivity contribution is 5.83. The predicted molar refractivity (Wildman–Crippen MR) is 156 cm³/mol. The third-order valence-electron chi connectivity index (χ3n) is 7.10. The molecule has 0 aliphatic heterocycles. The quantitative estimate of drug-likeness (QED) is 0.250. The molecule has 2 atom stereocenters. The molecule has 2 aromatic rings. The van der Waals surface area contributed by atoms with E-state index in [0.29, 0.717) is 31.6 Å². The molecule has 0 aromatic heterocycles. The van der Waals surface area contributed by atoms with Gasteiger partial charge in [0.05, 0.1) is 12.1 Å². The number of aliphatic hydroxyl groups is 1. The molecule has 0 radical (unpaired) electrons. The second-order valence-electron chi connectivity index (χ2n) is 11.2. The van der Waals surface area contributed by atoms with Crippen LogP contribution in [0, 0.1) is 17.0 Å². The average molecular weight is 560 g/mol. The van der Waals surface area contributed by atoms with Crippen LogP contribution in [0.25, 0.3) is 0 Å². The minimum Gasteiger partial charge on any atom is -0.390 e. The van der Waals surface area contributed by atoms with Crippen molar-refractivity contribution in [2.45, 2.75) is 91.8 Å². The Morgan fingerprint density at radius 3 is 2.17 bits per heavy atom. The minimum absolute atomic E-state index is 0.0205. The van der Waals surface area contributed by atoms with Crippen molar-refractivity contribution in [1.82, 2.24) is 15.5 Å². The maximum Gasteiger partial charge on any atom is 0.228 e. The first-order valence-electron chi connectivity index (χ1n) is 14.5. The van der Waals surface area contributed by atoms with Gasteiger partial charge in [0.25, 0.3) is 0 Å². The first-order chi connectivity index (χ1) is 19.0. The first kappa shape index (κ1) is 33.4. The van der Waals surface area contributed by atoms with Gasteiger partial charge in [-0.05, 0) is 60.9 Å². The summed E-state index contributed by atoms with van der Waals surface area (Å²) in [4.78, 5) is 28.0. The number of nitrogens with zero attached hydrogens (tertiary/aromatic N) is 1. The summed E-state index contributed by atoms with van der Waals surface area (Å²) in [5.74, 6) is -1.73. The fourth-order valence-corrected chi connectivity index (χ4v) is 4.83. The topological polar surface area (TPSA) is 81.7 Å². The van der Waals surface area contributed by atoms with Crippen molar-refractivity contribution in [2.24, 2.45) is 5.41 Å². The molecular weight excluding hydrogens is 512 g/mol. The fourth-order valence-electron chi connectivity index (χ4n) is 4.83. The zero-order chi connectivity index (χ0) is 29.7.